The second-order valence-corrected chi connectivity index (χ2v) is 12.5. The van der Waals surface area contributed by atoms with Crippen LogP contribution in [-0.4, -0.2) is 78.6 Å². The average Bonchev–Trinajstić information content (AvgIpc) is 2.89. The topological polar surface area (TPSA) is 192 Å². The van der Waals surface area contributed by atoms with Crippen molar-refractivity contribution in [2.75, 3.05) is 32.8 Å². The number of hydrogen-bond acceptors (Lipinski definition) is 8. The van der Waals surface area contributed by atoms with E-state index in [9.17, 15) is 33.7 Å². The van der Waals surface area contributed by atoms with Crippen molar-refractivity contribution in [3.8, 4) is 0 Å². The molecule has 4 amide bonds. The van der Waals surface area contributed by atoms with E-state index in [1.165, 1.54) is 6.92 Å². The van der Waals surface area contributed by atoms with Crippen molar-refractivity contribution in [2.24, 2.45) is 11.8 Å². The molecule has 14 heteroatoms. The molecule has 3 atom stereocenters. The third-order valence-electron chi connectivity index (χ3n) is 6.25. The van der Waals surface area contributed by atoms with Gasteiger partial charge in [0.1, 0.15) is 6.04 Å². The quantitative estimate of drug-likeness (QED) is 0.0656. The molecule has 0 aliphatic rings. The maximum absolute atomic E-state index is 12.6. The van der Waals surface area contributed by atoms with Crippen LogP contribution in [0.3, 0.4) is 0 Å². The van der Waals surface area contributed by atoms with E-state index < -0.39 is 20.0 Å². The second kappa shape index (κ2) is 23.4. The minimum Gasteiger partial charge on any atom is -0.396 e. The molecule has 0 aromatic heterocycles. The van der Waals surface area contributed by atoms with Gasteiger partial charge in [-0.05, 0) is 58.8 Å². The molecule has 0 radical (unpaired) electrons. The van der Waals surface area contributed by atoms with Gasteiger partial charge in [0.25, 0.3) is 0 Å². The van der Waals surface area contributed by atoms with Crippen LogP contribution in [0.5, 0.6) is 0 Å². The molecule has 42 heavy (non-hydrogen) atoms. The molecule has 0 saturated carbocycles. The minimum atomic E-state index is -4.16. The Bertz CT molecular complexity index is 842. The highest BCUT2D eigenvalue weighted by molar-refractivity contribution is 7.47. The van der Waals surface area contributed by atoms with Gasteiger partial charge in [0.05, 0.1) is 12.7 Å². The molecule has 13 nitrogen and oxygen atoms in total. The first-order valence-electron chi connectivity index (χ1n) is 15.1. The van der Waals surface area contributed by atoms with E-state index >= 15 is 0 Å². The summed E-state index contributed by atoms with van der Waals surface area (Å²) in [5.41, 5.74) is 0. The molecule has 2 unspecified atom stereocenters. The summed E-state index contributed by atoms with van der Waals surface area (Å²) in [5.74, 6) is -0.950. The highest BCUT2D eigenvalue weighted by atomic mass is 31.2. The van der Waals surface area contributed by atoms with Crippen LogP contribution in [0.1, 0.15) is 98.8 Å². The van der Waals surface area contributed by atoms with E-state index in [1.807, 2.05) is 13.8 Å². The highest BCUT2D eigenvalue weighted by Gasteiger charge is 2.24. The van der Waals surface area contributed by atoms with Crippen molar-refractivity contribution in [2.45, 2.75) is 111 Å². The summed E-state index contributed by atoms with van der Waals surface area (Å²) in [6.07, 6.45) is 5.95. The van der Waals surface area contributed by atoms with Gasteiger partial charge in [-0.15, -0.1) is 0 Å². The molecule has 0 fully saturated rings. The standard InChI is InChI=1S/C28H55N4O9P/c1-21(2)27(36)30-17-10-6-7-15-26(35)29-16-12-9-14-25(32-23(5)34)28(37)31-18-11-8-13-24(19-33)20-40-42(38,39)41-22(3)4/h21-22,24-25,33H,6-20H2,1-5H3,(H,29,35)(H,30,36)(H,31,37)(H,32,34)(H,38,39)/t24?,25-/m0/s1. The van der Waals surface area contributed by atoms with Gasteiger partial charge >= 0.3 is 7.82 Å². The number of nitrogens with one attached hydrogen (secondary N) is 4. The molecule has 0 aromatic rings. The van der Waals surface area contributed by atoms with E-state index in [1.54, 1.807) is 13.8 Å². The maximum atomic E-state index is 12.6. The van der Waals surface area contributed by atoms with Crippen LogP contribution in [0, 0.1) is 11.8 Å². The number of phosphoric ester groups is 1. The molecular weight excluding hydrogens is 567 g/mol. The number of hydrogen-bond donors (Lipinski definition) is 6. The number of aliphatic hydroxyl groups is 1. The lowest BCUT2D eigenvalue weighted by atomic mass is 10.0. The van der Waals surface area contributed by atoms with Gasteiger partial charge in [-0.3, -0.25) is 28.2 Å². The Labute approximate surface area is 251 Å². The molecule has 246 valence electrons. The van der Waals surface area contributed by atoms with Crippen molar-refractivity contribution in [1.29, 1.82) is 0 Å². The molecule has 0 spiro atoms. The molecule has 6 N–H and O–H groups in total. The van der Waals surface area contributed by atoms with E-state index in [-0.39, 0.29) is 48.7 Å². The van der Waals surface area contributed by atoms with Crippen LogP contribution in [-0.2, 0) is 32.8 Å². The van der Waals surface area contributed by atoms with E-state index in [0.717, 1.165) is 19.3 Å². The fourth-order valence-electron chi connectivity index (χ4n) is 3.92. The third kappa shape index (κ3) is 22.5. The summed E-state index contributed by atoms with van der Waals surface area (Å²) in [6, 6.07) is -0.673. The number of amides is 4. The number of rotatable bonds is 25. The van der Waals surface area contributed by atoms with Gasteiger partial charge in [0.15, 0.2) is 0 Å². The molecule has 0 aliphatic heterocycles. The lowest BCUT2D eigenvalue weighted by Gasteiger charge is -2.19. The Balaban J connectivity index is 4.15. The normalized spacial score (nSPS) is 14.2. The van der Waals surface area contributed by atoms with Crippen molar-refractivity contribution >= 4 is 31.5 Å². The van der Waals surface area contributed by atoms with Gasteiger partial charge in [-0.1, -0.05) is 26.7 Å². The third-order valence-corrected chi connectivity index (χ3v) is 7.42. The van der Waals surface area contributed by atoms with Crippen LogP contribution in [0.4, 0.5) is 0 Å². The average molecular weight is 623 g/mol. The zero-order chi connectivity index (χ0) is 32.0. The van der Waals surface area contributed by atoms with Crippen LogP contribution in [0.2, 0.25) is 0 Å². The number of phosphoric acid groups is 1. The molecule has 0 saturated heterocycles. The zero-order valence-electron chi connectivity index (χ0n) is 26.1. The smallest absolute Gasteiger partial charge is 0.396 e. The van der Waals surface area contributed by atoms with Crippen molar-refractivity contribution in [1.82, 2.24) is 21.3 Å². The van der Waals surface area contributed by atoms with E-state index in [2.05, 4.69) is 21.3 Å². The Morgan fingerprint density at radius 3 is 1.93 bits per heavy atom. The van der Waals surface area contributed by atoms with Crippen LogP contribution < -0.4 is 21.3 Å². The van der Waals surface area contributed by atoms with Gasteiger partial charge < -0.3 is 31.3 Å². The van der Waals surface area contributed by atoms with Gasteiger partial charge in [-0.25, -0.2) is 4.57 Å². The predicted octanol–water partition coefficient (Wildman–Crippen LogP) is 2.55. The summed E-state index contributed by atoms with van der Waals surface area (Å²) in [5, 5.41) is 20.7. The van der Waals surface area contributed by atoms with Gasteiger partial charge in [0, 0.05) is 51.4 Å². The molecule has 0 heterocycles. The first kappa shape index (κ1) is 40.0. The predicted molar refractivity (Wildman–Crippen MR) is 160 cm³/mol. The van der Waals surface area contributed by atoms with Crippen molar-refractivity contribution in [3.05, 3.63) is 0 Å². The van der Waals surface area contributed by atoms with Gasteiger partial charge in [-0.2, -0.15) is 0 Å². The SMILES string of the molecule is CC(=O)N[C@@H](CCCCNC(=O)CCCCCNC(=O)C(C)C)C(=O)NCCCCC(CO)COP(=O)(O)OC(C)C. The fourth-order valence-corrected chi connectivity index (χ4v) is 4.92. The number of carbonyl (C=O) groups excluding carboxylic acids is 4. The summed E-state index contributed by atoms with van der Waals surface area (Å²) >= 11 is 0. The molecule has 0 rings (SSSR count). The minimum absolute atomic E-state index is 0.0263. The van der Waals surface area contributed by atoms with Crippen molar-refractivity contribution < 1.29 is 42.8 Å². The number of carbonyl (C=O) groups is 4. The summed E-state index contributed by atoms with van der Waals surface area (Å²) < 4.78 is 21.6. The Hall–Kier alpha value is -2.05. The Morgan fingerprint density at radius 2 is 1.36 bits per heavy atom. The first-order chi connectivity index (χ1) is 19.8. The van der Waals surface area contributed by atoms with Crippen LogP contribution >= 0.6 is 7.82 Å². The highest BCUT2D eigenvalue weighted by Crippen LogP contribution is 2.44. The monoisotopic (exact) mass is 622 g/mol. The van der Waals surface area contributed by atoms with E-state index in [4.69, 9.17) is 9.05 Å². The molecular formula is C28H55N4O9P. The van der Waals surface area contributed by atoms with Gasteiger partial charge in [0.2, 0.25) is 23.6 Å². The summed E-state index contributed by atoms with van der Waals surface area (Å²) in [6.45, 7) is 9.44. The van der Waals surface area contributed by atoms with Crippen molar-refractivity contribution in [3.63, 3.8) is 0 Å². The molecule has 0 aliphatic carbocycles. The number of aliphatic hydroxyl groups excluding tert-OH is 1. The fraction of sp³-hybridized carbons (Fsp3) is 0.857. The molecule has 0 bridgehead atoms. The zero-order valence-corrected chi connectivity index (χ0v) is 27.0. The summed E-state index contributed by atoms with van der Waals surface area (Å²) in [4.78, 5) is 57.4. The van der Waals surface area contributed by atoms with Crippen LogP contribution in [0.25, 0.3) is 0 Å². The lowest BCUT2D eigenvalue weighted by Crippen LogP contribution is -2.46. The van der Waals surface area contributed by atoms with E-state index in [0.29, 0.717) is 64.6 Å². The molecule has 0 aromatic carbocycles. The summed E-state index contributed by atoms with van der Waals surface area (Å²) in [7, 11) is -4.16. The Kier molecular flexibility index (Phi) is 22.3. The second-order valence-electron chi connectivity index (χ2n) is 11.1. The first-order valence-corrected chi connectivity index (χ1v) is 16.6. The lowest BCUT2D eigenvalue weighted by molar-refractivity contribution is -0.128. The maximum Gasteiger partial charge on any atom is 0.472 e. The number of unbranched alkanes of at least 4 members (excludes halogenated alkanes) is 4. The van der Waals surface area contributed by atoms with Crippen LogP contribution in [0.15, 0.2) is 0 Å². The Morgan fingerprint density at radius 1 is 0.786 bits per heavy atom. The largest absolute Gasteiger partial charge is 0.472 e.